The van der Waals surface area contributed by atoms with Gasteiger partial charge in [0.15, 0.2) is 0 Å². The Hall–Kier alpha value is -2.55. The standard InChI is InChI=1S/C19H23F3N4O2/c1-28-16-6-4-5-14(9-16)17(25-7-2-3-8-25)11-23-18(27)15-10-24-26(12-15)13-19(20,21)22/h4-6,9-10,12,17H,2-3,7-8,11,13H2,1H3,(H,23,27)/t17-/m0/s1. The average molecular weight is 396 g/mol. The molecule has 0 aliphatic carbocycles. The van der Waals surface area contributed by atoms with E-state index in [1.54, 1.807) is 7.11 Å². The first-order valence-corrected chi connectivity index (χ1v) is 9.11. The van der Waals surface area contributed by atoms with Gasteiger partial charge >= 0.3 is 6.18 Å². The fraction of sp³-hybridized carbons (Fsp3) is 0.474. The number of nitrogens with one attached hydrogen (secondary N) is 1. The second-order valence-corrected chi connectivity index (χ2v) is 6.79. The number of rotatable bonds is 7. The van der Waals surface area contributed by atoms with Crippen LogP contribution in [-0.4, -0.2) is 53.5 Å². The van der Waals surface area contributed by atoms with Crippen LogP contribution in [0.4, 0.5) is 13.2 Å². The van der Waals surface area contributed by atoms with E-state index >= 15 is 0 Å². The number of benzene rings is 1. The number of aromatic nitrogens is 2. The largest absolute Gasteiger partial charge is 0.497 e. The summed E-state index contributed by atoms with van der Waals surface area (Å²) >= 11 is 0. The number of halogens is 3. The van der Waals surface area contributed by atoms with Crippen LogP contribution in [0.2, 0.25) is 0 Å². The molecule has 0 radical (unpaired) electrons. The van der Waals surface area contributed by atoms with Crippen LogP contribution in [0, 0.1) is 0 Å². The molecule has 0 spiro atoms. The maximum atomic E-state index is 12.5. The predicted molar refractivity (Wildman–Crippen MR) is 97.2 cm³/mol. The van der Waals surface area contributed by atoms with Crippen molar-refractivity contribution in [1.29, 1.82) is 0 Å². The van der Waals surface area contributed by atoms with Crippen molar-refractivity contribution >= 4 is 5.91 Å². The Labute approximate surface area is 161 Å². The van der Waals surface area contributed by atoms with Gasteiger partial charge < -0.3 is 10.1 Å². The molecule has 1 aromatic carbocycles. The van der Waals surface area contributed by atoms with Gasteiger partial charge in [0.1, 0.15) is 12.3 Å². The van der Waals surface area contributed by atoms with E-state index in [-0.39, 0.29) is 11.6 Å². The molecule has 3 rings (SSSR count). The molecule has 1 saturated heterocycles. The summed E-state index contributed by atoms with van der Waals surface area (Å²) in [7, 11) is 1.60. The van der Waals surface area contributed by atoms with Crippen LogP contribution in [0.15, 0.2) is 36.7 Å². The molecule has 0 unspecified atom stereocenters. The zero-order valence-electron chi connectivity index (χ0n) is 15.6. The molecule has 9 heteroatoms. The molecule has 1 N–H and O–H groups in total. The highest BCUT2D eigenvalue weighted by molar-refractivity contribution is 5.93. The van der Waals surface area contributed by atoms with Crippen LogP contribution in [0.1, 0.15) is 34.8 Å². The van der Waals surface area contributed by atoms with Crippen LogP contribution < -0.4 is 10.1 Å². The van der Waals surface area contributed by atoms with E-state index in [9.17, 15) is 18.0 Å². The van der Waals surface area contributed by atoms with Crippen LogP contribution in [0.25, 0.3) is 0 Å². The fourth-order valence-corrected chi connectivity index (χ4v) is 3.40. The molecule has 152 valence electrons. The number of methoxy groups -OCH3 is 1. The van der Waals surface area contributed by atoms with Gasteiger partial charge in [0.05, 0.1) is 24.9 Å². The molecule has 1 aliphatic rings. The number of ether oxygens (including phenoxy) is 1. The lowest BCUT2D eigenvalue weighted by Gasteiger charge is -2.28. The number of alkyl halides is 3. The summed E-state index contributed by atoms with van der Waals surface area (Å²) in [5.74, 6) is 0.293. The Kier molecular flexibility index (Phi) is 6.23. The van der Waals surface area contributed by atoms with Gasteiger partial charge in [-0.1, -0.05) is 12.1 Å². The number of carbonyl (C=O) groups is 1. The van der Waals surface area contributed by atoms with Crippen LogP contribution >= 0.6 is 0 Å². The van der Waals surface area contributed by atoms with E-state index in [4.69, 9.17) is 4.74 Å². The summed E-state index contributed by atoms with van der Waals surface area (Å²) in [4.78, 5) is 14.7. The average Bonchev–Trinajstić information content (AvgIpc) is 3.33. The molecule has 28 heavy (non-hydrogen) atoms. The Morgan fingerprint density at radius 3 is 2.75 bits per heavy atom. The summed E-state index contributed by atoms with van der Waals surface area (Å²) < 4.78 is 43.4. The number of nitrogens with zero attached hydrogens (tertiary/aromatic N) is 3. The molecule has 1 aromatic heterocycles. The highest BCUT2D eigenvalue weighted by Crippen LogP contribution is 2.27. The molecule has 1 fully saturated rings. The normalized spacial score (nSPS) is 16.1. The third-order valence-corrected chi connectivity index (χ3v) is 4.75. The molecule has 6 nitrogen and oxygen atoms in total. The summed E-state index contributed by atoms with van der Waals surface area (Å²) in [5.41, 5.74) is 1.13. The quantitative estimate of drug-likeness (QED) is 0.782. The Morgan fingerprint density at radius 1 is 1.32 bits per heavy atom. The third-order valence-electron chi connectivity index (χ3n) is 4.75. The second kappa shape index (κ2) is 8.64. The third kappa shape index (κ3) is 5.25. The number of hydrogen-bond acceptors (Lipinski definition) is 4. The van der Waals surface area contributed by atoms with Crippen LogP contribution in [0.5, 0.6) is 5.75 Å². The number of carbonyl (C=O) groups excluding carboxylic acids is 1. The molecular weight excluding hydrogens is 373 g/mol. The van der Waals surface area contributed by atoms with Crippen molar-refractivity contribution in [1.82, 2.24) is 20.0 Å². The zero-order valence-corrected chi connectivity index (χ0v) is 15.6. The van der Waals surface area contributed by atoms with Gasteiger partial charge in [-0.05, 0) is 43.6 Å². The molecule has 1 aliphatic heterocycles. The van der Waals surface area contributed by atoms with Gasteiger partial charge in [-0.25, -0.2) is 0 Å². The topological polar surface area (TPSA) is 59.4 Å². The van der Waals surface area contributed by atoms with Crippen LogP contribution in [-0.2, 0) is 6.54 Å². The summed E-state index contributed by atoms with van der Waals surface area (Å²) in [6.07, 6.45) is 0.0704. The molecule has 2 heterocycles. The maximum absolute atomic E-state index is 12.5. The van der Waals surface area contributed by atoms with E-state index in [0.717, 1.165) is 54.3 Å². The van der Waals surface area contributed by atoms with Crippen molar-refractivity contribution in [3.63, 3.8) is 0 Å². The molecule has 0 saturated carbocycles. The van der Waals surface area contributed by atoms with Gasteiger partial charge in [-0.3, -0.25) is 14.4 Å². The number of amides is 1. The minimum absolute atomic E-state index is 0.0354. The molecular formula is C19H23F3N4O2. The van der Waals surface area contributed by atoms with Crippen molar-refractivity contribution in [3.05, 3.63) is 47.8 Å². The molecule has 1 amide bonds. The lowest BCUT2D eigenvalue weighted by molar-refractivity contribution is -0.142. The Balaban J connectivity index is 1.68. The van der Waals surface area contributed by atoms with Gasteiger partial charge in [0.2, 0.25) is 0 Å². The number of hydrogen-bond donors (Lipinski definition) is 1. The highest BCUT2D eigenvalue weighted by Gasteiger charge is 2.29. The first-order chi connectivity index (χ1) is 13.4. The van der Waals surface area contributed by atoms with Gasteiger partial charge in [0.25, 0.3) is 5.91 Å². The highest BCUT2D eigenvalue weighted by atomic mass is 19.4. The molecule has 0 bridgehead atoms. The van der Waals surface area contributed by atoms with E-state index in [1.165, 1.54) is 0 Å². The van der Waals surface area contributed by atoms with E-state index < -0.39 is 18.6 Å². The van der Waals surface area contributed by atoms with Crippen molar-refractivity contribution in [2.75, 3.05) is 26.7 Å². The van der Waals surface area contributed by atoms with E-state index in [0.29, 0.717) is 6.54 Å². The Bertz CT molecular complexity index is 800. The monoisotopic (exact) mass is 396 g/mol. The fourth-order valence-electron chi connectivity index (χ4n) is 3.40. The number of likely N-dealkylation sites (tertiary alicyclic amines) is 1. The summed E-state index contributed by atoms with van der Waals surface area (Å²) in [6, 6.07) is 7.65. The SMILES string of the molecule is COc1cccc([C@H](CNC(=O)c2cnn(CC(F)(F)F)c2)N2CCCC2)c1. The van der Waals surface area contributed by atoms with E-state index in [2.05, 4.69) is 15.3 Å². The molecule has 1 atom stereocenters. The second-order valence-electron chi connectivity index (χ2n) is 6.79. The van der Waals surface area contributed by atoms with Crippen molar-refractivity contribution in [2.24, 2.45) is 0 Å². The van der Waals surface area contributed by atoms with Gasteiger partial charge in [-0.15, -0.1) is 0 Å². The van der Waals surface area contributed by atoms with Crippen molar-refractivity contribution in [3.8, 4) is 5.75 Å². The lowest BCUT2D eigenvalue weighted by Crippen LogP contribution is -2.36. The predicted octanol–water partition coefficient (Wildman–Crippen LogP) is 3.02. The smallest absolute Gasteiger partial charge is 0.408 e. The van der Waals surface area contributed by atoms with Gasteiger partial charge in [-0.2, -0.15) is 18.3 Å². The minimum atomic E-state index is -4.38. The minimum Gasteiger partial charge on any atom is -0.497 e. The summed E-state index contributed by atoms with van der Waals surface area (Å²) in [5, 5.41) is 6.45. The summed E-state index contributed by atoms with van der Waals surface area (Å²) in [6.45, 7) is 0.986. The van der Waals surface area contributed by atoms with E-state index in [1.807, 2.05) is 24.3 Å². The van der Waals surface area contributed by atoms with Crippen LogP contribution in [0.3, 0.4) is 0 Å². The molecule has 2 aromatic rings. The maximum Gasteiger partial charge on any atom is 0.408 e. The first-order valence-electron chi connectivity index (χ1n) is 9.11. The Morgan fingerprint density at radius 2 is 2.07 bits per heavy atom. The zero-order chi connectivity index (χ0) is 20.1. The van der Waals surface area contributed by atoms with Crippen molar-refractivity contribution in [2.45, 2.75) is 31.6 Å². The van der Waals surface area contributed by atoms with Gasteiger partial charge in [0, 0.05) is 12.7 Å². The lowest BCUT2D eigenvalue weighted by atomic mass is 10.0. The van der Waals surface area contributed by atoms with Crippen molar-refractivity contribution < 1.29 is 22.7 Å². The first kappa shape index (κ1) is 20.2.